The molecule has 0 aliphatic heterocycles. The molecule has 0 saturated heterocycles. The lowest BCUT2D eigenvalue weighted by Crippen LogP contribution is -1.94. The molecule has 3 rings (SSSR count). The maximum Gasteiger partial charge on any atom is 0.123 e. The van der Waals surface area contributed by atoms with E-state index in [0.717, 1.165) is 40.2 Å². The number of aryl methyl sites for hydroxylation is 1. The lowest BCUT2D eigenvalue weighted by molar-refractivity contribution is 0.629. The molecular formula is C16H14FN. The molecule has 0 unspecified atom stereocenters. The van der Waals surface area contributed by atoms with Crippen LogP contribution < -0.4 is 0 Å². The quantitative estimate of drug-likeness (QED) is 0.601. The smallest absolute Gasteiger partial charge is 0.123 e. The number of halogens is 1. The van der Waals surface area contributed by atoms with Crippen molar-refractivity contribution in [2.75, 3.05) is 0 Å². The number of rotatable bonds is 2. The molecular weight excluding hydrogens is 225 g/mol. The molecule has 0 spiro atoms. The second kappa shape index (κ2) is 4.37. The molecule has 0 fully saturated rings. The van der Waals surface area contributed by atoms with Gasteiger partial charge in [-0.1, -0.05) is 37.6 Å². The van der Waals surface area contributed by atoms with Gasteiger partial charge in [-0.2, -0.15) is 0 Å². The topological polar surface area (TPSA) is 12.9 Å². The highest BCUT2D eigenvalue weighted by Gasteiger charge is 2.08. The fourth-order valence-corrected chi connectivity index (χ4v) is 2.42. The van der Waals surface area contributed by atoms with Crippen LogP contribution in [0, 0.1) is 5.82 Å². The van der Waals surface area contributed by atoms with Crippen LogP contribution in [0.5, 0.6) is 0 Å². The van der Waals surface area contributed by atoms with Crippen molar-refractivity contribution >= 4 is 21.7 Å². The Hall–Kier alpha value is -1.96. The van der Waals surface area contributed by atoms with Gasteiger partial charge in [0, 0.05) is 16.5 Å². The largest absolute Gasteiger partial charge is 0.252 e. The minimum absolute atomic E-state index is 0.197. The standard InChI is InChI=1S/C16H14FN/c1-2-5-15-14-10-11(17)8-9-12(14)13-6-3-4-7-16(13)18-15/h3-4,6-10H,2,5H2,1H3. The zero-order chi connectivity index (χ0) is 12.5. The first-order valence-corrected chi connectivity index (χ1v) is 6.26. The first kappa shape index (κ1) is 11.1. The number of para-hydroxylation sites is 1. The van der Waals surface area contributed by atoms with Gasteiger partial charge in [0.25, 0.3) is 0 Å². The number of fused-ring (bicyclic) bond motifs is 3. The maximum absolute atomic E-state index is 13.4. The van der Waals surface area contributed by atoms with Crippen molar-refractivity contribution < 1.29 is 4.39 Å². The van der Waals surface area contributed by atoms with E-state index in [1.165, 1.54) is 6.07 Å². The van der Waals surface area contributed by atoms with Crippen molar-refractivity contribution in [2.45, 2.75) is 19.8 Å². The van der Waals surface area contributed by atoms with Gasteiger partial charge in [-0.05, 0) is 30.0 Å². The van der Waals surface area contributed by atoms with E-state index in [-0.39, 0.29) is 5.82 Å². The lowest BCUT2D eigenvalue weighted by atomic mass is 10.0. The molecule has 0 saturated carbocycles. The average molecular weight is 239 g/mol. The molecule has 3 aromatic rings. The third kappa shape index (κ3) is 1.74. The summed E-state index contributed by atoms with van der Waals surface area (Å²) < 4.78 is 13.4. The fourth-order valence-electron chi connectivity index (χ4n) is 2.42. The first-order chi connectivity index (χ1) is 8.79. The molecule has 2 heteroatoms. The summed E-state index contributed by atoms with van der Waals surface area (Å²) in [5, 5.41) is 3.12. The number of benzene rings is 2. The highest BCUT2D eigenvalue weighted by atomic mass is 19.1. The van der Waals surface area contributed by atoms with Crippen molar-refractivity contribution in [3.63, 3.8) is 0 Å². The van der Waals surface area contributed by atoms with E-state index in [9.17, 15) is 4.39 Å². The molecule has 2 aromatic carbocycles. The fraction of sp³-hybridized carbons (Fsp3) is 0.188. The van der Waals surface area contributed by atoms with Gasteiger partial charge in [0.2, 0.25) is 0 Å². The lowest BCUT2D eigenvalue weighted by Gasteiger charge is -2.09. The Balaban J connectivity index is 2.46. The van der Waals surface area contributed by atoms with Crippen LogP contribution in [0.2, 0.25) is 0 Å². The molecule has 18 heavy (non-hydrogen) atoms. The highest BCUT2D eigenvalue weighted by molar-refractivity contribution is 6.06. The number of hydrogen-bond donors (Lipinski definition) is 0. The number of hydrogen-bond acceptors (Lipinski definition) is 1. The minimum Gasteiger partial charge on any atom is -0.252 e. The zero-order valence-electron chi connectivity index (χ0n) is 10.3. The molecule has 0 amide bonds. The monoisotopic (exact) mass is 239 g/mol. The van der Waals surface area contributed by atoms with Gasteiger partial charge in [-0.15, -0.1) is 0 Å². The van der Waals surface area contributed by atoms with Crippen LogP contribution in [0.4, 0.5) is 4.39 Å². The van der Waals surface area contributed by atoms with Crippen molar-refractivity contribution in [1.29, 1.82) is 0 Å². The Kier molecular flexibility index (Phi) is 2.71. The SMILES string of the molecule is CCCc1nc2ccccc2c2ccc(F)cc12. The zero-order valence-corrected chi connectivity index (χ0v) is 10.3. The van der Waals surface area contributed by atoms with Gasteiger partial charge >= 0.3 is 0 Å². The Morgan fingerprint density at radius 2 is 1.83 bits per heavy atom. The van der Waals surface area contributed by atoms with Gasteiger partial charge in [0.1, 0.15) is 5.82 Å². The second-order valence-electron chi connectivity index (χ2n) is 4.52. The Morgan fingerprint density at radius 3 is 2.67 bits per heavy atom. The second-order valence-corrected chi connectivity index (χ2v) is 4.52. The Morgan fingerprint density at radius 1 is 1.00 bits per heavy atom. The summed E-state index contributed by atoms with van der Waals surface area (Å²) in [6.45, 7) is 2.11. The molecule has 0 aliphatic rings. The molecule has 1 nitrogen and oxygen atoms in total. The summed E-state index contributed by atoms with van der Waals surface area (Å²) in [6.07, 6.45) is 1.89. The number of nitrogens with zero attached hydrogens (tertiary/aromatic N) is 1. The summed E-state index contributed by atoms with van der Waals surface area (Å²) in [4.78, 5) is 4.67. The highest BCUT2D eigenvalue weighted by Crippen LogP contribution is 2.27. The van der Waals surface area contributed by atoms with E-state index >= 15 is 0 Å². The van der Waals surface area contributed by atoms with Crippen LogP contribution in [0.25, 0.3) is 21.7 Å². The van der Waals surface area contributed by atoms with Crippen molar-refractivity contribution in [3.05, 3.63) is 54.0 Å². The van der Waals surface area contributed by atoms with Crippen LogP contribution in [0.3, 0.4) is 0 Å². The molecule has 90 valence electrons. The predicted octanol–water partition coefficient (Wildman–Crippen LogP) is 4.48. The van der Waals surface area contributed by atoms with Gasteiger partial charge in [0.05, 0.1) is 5.52 Å². The minimum atomic E-state index is -0.197. The summed E-state index contributed by atoms with van der Waals surface area (Å²) in [7, 11) is 0. The summed E-state index contributed by atoms with van der Waals surface area (Å²) in [5.41, 5.74) is 1.98. The van der Waals surface area contributed by atoms with Gasteiger partial charge in [-0.3, -0.25) is 4.98 Å². The van der Waals surface area contributed by atoms with Crippen LogP contribution in [-0.4, -0.2) is 4.98 Å². The third-order valence-corrected chi connectivity index (χ3v) is 3.23. The Labute approximate surface area is 105 Å². The predicted molar refractivity (Wildman–Crippen MR) is 73.2 cm³/mol. The van der Waals surface area contributed by atoms with Crippen molar-refractivity contribution in [3.8, 4) is 0 Å². The molecule has 0 bridgehead atoms. The van der Waals surface area contributed by atoms with E-state index < -0.39 is 0 Å². The van der Waals surface area contributed by atoms with Crippen molar-refractivity contribution in [2.24, 2.45) is 0 Å². The van der Waals surface area contributed by atoms with E-state index in [1.807, 2.05) is 30.3 Å². The van der Waals surface area contributed by atoms with Crippen molar-refractivity contribution in [1.82, 2.24) is 4.98 Å². The summed E-state index contributed by atoms with van der Waals surface area (Å²) in [6, 6.07) is 13.0. The van der Waals surface area contributed by atoms with E-state index in [2.05, 4.69) is 11.9 Å². The van der Waals surface area contributed by atoms with E-state index in [0.29, 0.717) is 0 Å². The van der Waals surface area contributed by atoms with Crippen LogP contribution >= 0.6 is 0 Å². The summed E-state index contributed by atoms with van der Waals surface area (Å²) in [5.74, 6) is -0.197. The molecule has 0 N–H and O–H groups in total. The molecule has 0 radical (unpaired) electrons. The summed E-state index contributed by atoms with van der Waals surface area (Å²) >= 11 is 0. The van der Waals surface area contributed by atoms with E-state index in [4.69, 9.17) is 0 Å². The number of aromatic nitrogens is 1. The van der Waals surface area contributed by atoms with Gasteiger partial charge in [-0.25, -0.2) is 4.39 Å². The first-order valence-electron chi connectivity index (χ1n) is 6.26. The molecule has 0 aliphatic carbocycles. The molecule has 0 atom stereocenters. The average Bonchev–Trinajstić information content (AvgIpc) is 2.39. The van der Waals surface area contributed by atoms with E-state index in [1.54, 1.807) is 6.07 Å². The van der Waals surface area contributed by atoms with Crippen LogP contribution in [-0.2, 0) is 6.42 Å². The normalized spacial score (nSPS) is 11.2. The molecule has 1 aromatic heterocycles. The Bertz CT molecular complexity index is 719. The molecule has 1 heterocycles. The van der Waals surface area contributed by atoms with Gasteiger partial charge < -0.3 is 0 Å². The van der Waals surface area contributed by atoms with Crippen LogP contribution in [0.1, 0.15) is 19.0 Å². The van der Waals surface area contributed by atoms with Gasteiger partial charge in [0.15, 0.2) is 0 Å². The number of pyridine rings is 1. The maximum atomic E-state index is 13.4. The third-order valence-electron chi connectivity index (χ3n) is 3.23. The van der Waals surface area contributed by atoms with Crippen LogP contribution in [0.15, 0.2) is 42.5 Å².